The minimum absolute atomic E-state index is 0.0917. The topological polar surface area (TPSA) is 75.6 Å². The molecule has 0 fully saturated rings. The van der Waals surface area contributed by atoms with Crippen LogP contribution in [-0.2, 0) is 9.53 Å². The number of hydrogen-bond acceptors (Lipinski definition) is 4. The zero-order valence-corrected chi connectivity index (χ0v) is 13.0. The van der Waals surface area contributed by atoms with Crippen molar-refractivity contribution in [2.24, 2.45) is 0 Å². The minimum atomic E-state index is -0.273. The Hall–Kier alpha value is -2.14. The third-order valence-electron chi connectivity index (χ3n) is 3.09. The van der Waals surface area contributed by atoms with Gasteiger partial charge in [-0.1, -0.05) is 24.3 Å². The largest absolute Gasteiger partial charge is 0.469 e. The zero-order valence-electron chi connectivity index (χ0n) is 13.0. The average Bonchev–Trinajstić information content (AvgIpc) is 2.54. The Morgan fingerprint density at radius 2 is 2.18 bits per heavy atom. The van der Waals surface area contributed by atoms with Gasteiger partial charge >= 0.3 is 5.97 Å². The minimum Gasteiger partial charge on any atom is -0.469 e. The van der Waals surface area contributed by atoms with Crippen LogP contribution in [0.2, 0.25) is 0 Å². The molecule has 0 aliphatic carbocycles. The van der Waals surface area contributed by atoms with Gasteiger partial charge in [0.2, 0.25) is 0 Å². The van der Waals surface area contributed by atoms with E-state index in [-0.39, 0.29) is 24.5 Å². The molecule has 0 aliphatic rings. The second-order valence-corrected chi connectivity index (χ2v) is 5.05. The first-order valence-corrected chi connectivity index (χ1v) is 7.32. The molecule has 1 unspecified atom stereocenters. The summed E-state index contributed by atoms with van der Waals surface area (Å²) >= 11 is 0. The van der Waals surface area contributed by atoms with E-state index in [9.17, 15) is 9.59 Å². The second kappa shape index (κ2) is 9.73. The number of esters is 1. The Morgan fingerprint density at radius 1 is 1.41 bits per heavy atom. The molecule has 1 rings (SSSR count). The van der Waals surface area contributed by atoms with Crippen molar-refractivity contribution in [2.45, 2.75) is 32.2 Å². The van der Waals surface area contributed by atoms with E-state index in [1.807, 2.05) is 24.3 Å². The number of aliphatic hydroxyl groups excluding tert-OH is 1. The molecular formula is C17H23NO4. The van der Waals surface area contributed by atoms with Crippen LogP contribution in [0, 0.1) is 0 Å². The van der Waals surface area contributed by atoms with Crippen LogP contribution in [0.3, 0.4) is 0 Å². The van der Waals surface area contributed by atoms with Gasteiger partial charge in [-0.3, -0.25) is 9.59 Å². The first kappa shape index (κ1) is 17.9. The molecule has 0 bridgehead atoms. The summed E-state index contributed by atoms with van der Waals surface area (Å²) < 4.78 is 4.57. The number of benzene rings is 1. The Labute approximate surface area is 131 Å². The van der Waals surface area contributed by atoms with Gasteiger partial charge in [0.1, 0.15) is 0 Å². The van der Waals surface area contributed by atoms with Gasteiger partial charge in [-0.25, -0.2) is 0 Å². The number of nitrogens with one attached hydrogen (secondary N) is 1. The van der Waals surface area contributed by atoms with Crippen LogP contribution in [0.15, 0.2) is 30.3 Å². The first-order valence-electron chi connectivity index (χ1n) is 7.32. The molecule has 1 amide bonds. The highest BCUT2D eigenvalue weighted by Crippen LogP contribution is 2.09. The number of unbranched alkanes of at least 4 members (excludes halogenated alkanes) is 1. The second-order valence-electron chi connectivity index (χ2n) is 5.05. The lowest BCUT2D eigenvalue weighted by atomic mass is 10.1. The van der Waals surface area contributed by atoms with E-state index in [1.165, 1.54) is 7.11 Å². The van der Waals surface area contributed by atoms with Gasteiger partial charge in [0.15, 0.2) is 0 Å². The number of amides is 1. The molecule has 1 atom stereocenters. The van der Waals surface area contributed by atoms with E-state index in [0.717, 1.165) is 18.4 Å². The maximum Gasteiger partial charge on any atom is 0.305 e. The lowest BCUT2D eigenvalue weighted by Crippen LogP contribution is -2.34. The fourth-order valence-corrected chi connectivity index (χ4v) is 1.82. The maximum absolute atomic E-state index is 12.0. The van der Waals surface area contributed by atoms with Gasteiger partial charge in [-0.05, 0) is 37.5 Å². The SMILES string of the molecule is COC(=O)CCC/C=C\c1cccc(C(=O)NC(C)CO)c1. The molecule has 0 aliphatic heterocycles. The molecular weight excluding hydrogens is 282 g/mol. The number of carbonyl (C=O) groups excluding carboxylic acids is 2. The quantitative estimate of drug-likeness (QED) is 0.570. The fourth-order valence-electron chi connectivity index (χ4n) is 1.82. The predicted octanol–water partition coefficient (Wildman–Crippen LogP) is 2.15. The average molecular weight is 305 g/mol. The standard InChI is InChI=1S/C17H23NO4/c1-13(12-19)18-17(21)15-9-6-8-14(11-15)7-4-3-5-10-16(20)22-2/h4,6-9,11,13,19H,3,5,10,12H2,1-2H3,(H,18,21)/b7-4-. The van der Waals surface area contributed by atoms with Crippen molar-refractivity contribution in [3.8, 4) is 0 Å². The summed E-state index contributed by atoms with van der Waals surface area (Å²) in [4.78, 5) is 22.9. The Kier molecular flexibility index (Phi) is 7.92. The van der Waals surface area contributed by atoms with Crippen molar-refractivity contribution in [3.05, 3.63) is 41.5 Å². The number of aliphatic hydroxyl groups is 1. The van der Waals surface area contributed by atoms with Crippen molar-refractivity contribution in [3.63, 3.8) is 0 Å². The molecule has 0 heterocycles. The highest BCUT2D eigenvalue weighted by Gasteiger charge is 2.08. The molecule has 1 aromatic carbocycles. The highest BCUT2D eigenvalue weighted by atomic mass is 16.5. The van der Waals surface area contributed by atoms with E-state index < -0.39 is 0 Å². The van der Waals surface area contributed by atoms with Crippen LogP contribution in [0.25, 0.3) is 6.08 Å². The number of ether oxygens (including phenoxy) is 1. The molecule has 2 N–H and O–H groups in total. The van der Waals surface area contributed by atoms with Gasteiger partial charge in [0.25, 0.3) is 5.91 Å². The third-order valence-corrected chi connectivity index (χ3v) is 3.09. The van der Waals surface area contributed by atoms with Gasteiger partial charge in [-0.2, -0.15) is 0 Å². The molecule has 22 heavy (non-hydrogen) atoms. The van der Waals surface area contributed by atoms with Crippen LogP contribution >= 0.6 is 0 Å². The van der Waals surface area contributed by atoms with Crippen molar-refractivity contribution in [1.82, 2.24) is 5.32 Å². The Bertz CT molecular complexity index is 525. The molecule has 5 nitrogen and oxygen atoms in total. The van der Waals surface area contributed by atoms with Crippen LogP contribution < -0.4 is 5.32 Å². The number of hydrogen-bond donors (Lipinski definition) is 2. The Morgan fingerprint density at radius 3 is 2.86 bits per heavy atom. The summed E-state index contributed by atoms with van der Waals surface area (Å²) in [6, 6.07) is 6.96. The molecule has 0 aromatic heterocycles. The van der Waals surface area contributed by atoms with Gasteiger partial charge < -0.3 is 15.2 Å². The predicted molar refractivity (Wildman–Crippen MR) is 85.4 cm³/mol. The van der Waals surface area contributed by atoms with Crippen molar-refractivity contribution in [1.29, 1.82) is 0 Å². The molecule has 5 heteroatoms. The number of carbonyl (C=O) groups is 2. The molecule has 1 aromatic rings. The summed E-state index contributed by atoms with van der Waals surface area (Å²) in [6.07, 6.45) is 5.80. The van der Waals surface area contributed by atoms with Crippen LogP contribution in [-0.4, -0.2) is 36.7 Å². The number of methoxy groups -OCH3 is 1. The molecule has 0 saturated carbocycles. The fraction of sp³-hybridized carbons (Fsp3) is 0.412. The molecule has 0 saturated heterocycles. The van der Waals surface area contributed by atoms with Crippen LogP contribution in [0.5, 0.6) is 0 Å². The molecule has 120 valence electrons. The number of rotatable bonds is 8. The first-order chi connectivity index (χ1) is 10.6. The number of allylic oxidation sites excluding steroid dienone is 1. The van der Waals surface area contributed by atoms with Gasteiger partial charge in [0, 0.05) is 18.0 Å². The lowest BCUT2D eigenvalue weighted by molar-refractivity contribution is -0.140. The summed E-state index contributed by atoms with van der Waals surface area (Å²) in [5.74, 6) is -0.410. The summed E-state index contributed by atoms with van der Waals surface area (Å²) in [5.41, 5.74) is 1.47. The normalized spacial score (nSPS) is 12.1. The van der Waals surface area contributed by atoms with E-state index in [2.05, 4.69) is 10.1 Å². The highest BCUT2D eigenvalue weighted by molar-refractivity contribution is 5.94. The van der Waals surface area contributed by atoms with Gasteiger partial charge in [-0.15, -0.1) is 0 Å². The molecule has 0 spiro atoms. The lowest BCUT2D eigenvalue weighted by Gasteiger charge is -2.10. The van der Waals surface area contributed by atoms with Crippen molar-refractivity contribution in [2.75, 3.05) is 13.7 Å². The summed E-state index contributed by atoms with van der Waals surface area (Å²) in [5, 5.41) is 11.7. The van der Waals surface area contributed by atoms with Crippen LogP contribution in [0.4, 0.5) is 0 Å². The van der Waals surface area contributed by atoms with Crippen LogP contribution in [0.1, 0.15) is 42.1 Å². The van der Waals surface area contributed by atoms with E-state index in [0.29, 0.717) is 12.0 Å². The maximum atomic E-state index is 12.0. The Balaban J connectivity index is 2.53. The van der Waals surface area contributed by atoms with E-state index in [1.54, 1.807) is 19.1 Å². The van der Waals surface area contributed by atoms with Gasteiger partial charge in [0.05, 0.1) is 13.7 Å². The van der Waals surface area contributed by atoms with Crippen molar-refractivity contribution >= 4 is 18.0 Å². The smallest absolute Gasteiger partial charge is 0.305 e. The molecule has 0 radical (unpaired) electrons. The van der Waals surface area contributed by atoms with E-state index >= 15 is 0 Å². The third kappa shape index (κ3) is 6.54. The monoisotopic (exact) mass is 305 g/mol. The summed E-state index contributed by atoms with van der Waals surface area (Å²) in [6.45, 7) is 1.65. The van der Waals surface area contributed by atoms with Crippen molar-refractivity contribution < 1.29 is 19.4 Å². The zero-order chi connectivity index (χ0) is 16.4. The van der Waals surface area contributed by atoms with E-state index in [4.69, 9.17) is 5.11 Å². The summed E-state index contributed by atoms with van der Waals surface area (Å²) in [7, 11) is 1.38.